The van der Waals surface area contributed by atoms with Gasteiger partial charge in [0.25, 0.3) is 0 Å². The summed E-state index contributed by atoms with van der Waals surface area (Å²) in [6, 6.07) is 0. The topological polar surface area (TPSA) is 57.5 Å². The zero-order chi connectivity index (χ0) is 7.44. The maximum atomic E-state index is 10.1. The Bertz CT molecular complexity index is 104. The summed E-state index contributed by atoms with van der Waals surface area (Å²) in [5.74, 6) is -1.83. The van der Waals surface area contributed by atoms with Gasteiger partial charge in [0.05, 0.1) is 12.0 Å². The third-order valence-electron chi connectivity index (χ3n) is 1.12. The first-order valence-electron chi connectivity index (χ1n) is 2.56. The fourth-order valence-corrected chi connectivity index (χ4v) is 0.565. The van der Waals surface area contributed by atoms with E-state index in [-0.39, 0.29) is 5.88 Å². The molecule has 0 aromatic carbocycles. The van der Waals surface area contributed by atoms with Crippen LogP contribution in [0.1, 0.15) is 6.92 Å². The van der Waals surface area contributed by atoms with Crippen molar-refractivity contribution in [3.63, 3.8) is 0 Å². The van der Waals surface area contributed by atoms with Crippen molar-refractivity contribution in [3.05, 3.63) is 0 Å². The average Bonchev–Trinajstić information content (AvgIpc) is 1.84. The highest BCUT2D eigenvalue weighted by Crippen LogP contribution is 2.03. The van der Waals surface area contributed by atoms with Crippen molar-refractivity contribution in [2.45, 2.75) is 13.0 Å². The molecule has 54 valence electrons. The van der Waals surface area contributed by atoms with E-state index in [4.69, 9.17) is 21.8 Å². The van der Waals surface area contributed by atoms with Gasteiger partial charge >= 0.3 is 5.97 Å². The number of hydrogen-bond donors (Lipinski definition) is 2. The van der Waals surface area contributed by atoms with Crippen LogP contribution < -0.4 is 0 Å². The minimum Gasteiger partial charge on any atom is -0.481 e. The summed E-state index contributed by atoms with van der Waals surface area (Å²) in [5, 5.41) is 17.0. The van der Waals surface area contributed by atoms with Crippen LogP contribution in [-0.4, -0.2) is 28.2 Å². The van der Waals surface area contributed by atoms with E-state index in [0.29, 0.717) is 0 Å². The number of rotatable bonds is 3. The molecule has 0 aliphatic rings. The molecule has 0 spiro atoms. The van der Waals surface area contributed by atoms with E-state index in [1.54, 1.807) is 0 Å². The first kappa shape index (κ1) is 8.72. The van der Waals surface area contributed by atoms with Gasteiger partial charge in [0.2, 0.25) is 0 Å². The summed E-state index contributed by atoms with van der Waals surface area (Å²) < 4.78 is 0. The Hall–Kier alpha value is -0.280. The largest absolute Gasteiger partial charge is 0.481 e. The molecule has 0 aliphatic carbocycles. The number of carbonyl (C=O) groups is 1. The lowest BCUT2D eigenvalue weighted by Crippen LogP contribution is -2.26. The smallest absolute Gasteiger partial charge is 0.308 e. The Morgan fingerprint density at radius 1 is 1.78 bits per heavy atom. The van der Waals surface area contributed by atoms with Crippen molar-refractivity contribution in [2.75, 3.05) is 5.88 Å². The standard InChI is InChI=1S/C5H9ClO3/c1-3(5(8)9)4(7)2-6/h3-4,7H,2H2,1H3,(H,8,9)/t3-,4+/m0/s1. The second-order valence-corrected chi connectivity index (χ2v) is 2.16. The molecule has 0 saturated heterocycles. The summed E-state index contributed by atoms with van der Waals surface area (Å²) >= 11 is 5.18. The molecule has 0 amide bonds. The van der Waals surface area contributed by atoms with E-state index < -0.39 is 18.0 Å². The molecule has 2 atom stereocenters. The Morgan fingerprint density at radius 3 is 2.33 bits per heavy atom. The van der Waals surface area contributed by atoms with Crippen LogP contribution in [0.25, 0.3) is 0 Å². The summed E-state index contributed by atoms with van der Waals surface area (Å²) in [6.45, 7) is 1.41. The molecule has 4 heteroatoms. The minimum absolute atomic E-state index is 0.0343. The number of aliphatic hydroxyl groups excluding tert-OH is 1. The van der Waals surface area contributed by atoms with Crippen LogP contribution in [0.2, 0.25) is 0 Å². The van der Waals surface area contributed by atoms with E-state index in [2.05, 4.69) is 0 Å². The van der Waals surface area contributed by atoms with E-state index in [0.717, 1.165) is 0 Å². The zero-order valence-corrected chi connectivity index (χ0v) is 5.80. The molecule has 3 nitrogen and oxygen atoms in total. The molecule has 0 bridgehead atoms. The van der Waals surface area contributed by atoms with E-state index in [1.807, 2.05) is 0 Å². The maximum Gasteiger partial charge on any atom is 0.308 e. The quantitative estimate of drug-likeness (QED) is 0.573. The number of aliphatic carboxylic acids is 1. The fourth-order valence-electron chi connectivity index (χ4n) is 0.298. The Kier molecular flexibility index (Phi) is 3.58. The maximum absolute atomic E-state index is 10.1. The van der Waals surface area contributed by atoms with Crippen molar-refractivity contribution in [1.29, 1.82) is 0 Å². The minimum atomic E-state index is -1.02. The number of halogens is 1. The Balaban J connectivity index is 3.72. The molecule has 0 unspecified atom stereocenters. The van der Waals surface area contributed by atoms with Crippen molar-refractivity contribution in [2.24, 2.45) is 5.92 Å². The molecule has 0 fully saturated rings. The highest BCUT2D eigenvalue weighted by molar-refractivity contribution is 6.18. The van der Waals surface area contributed by atoms with Gasteiger partial charge in [-0.15, -0.1) is 11.6 Å². The number of aliphatic hydroxyl groups is 1. The SMILES string of the molecule is C[C@H](C(=O)O)[C@H](O)CCl. The molecular weight excluding hydrogens is 144 g/mol. The molecule has 0 saturated carbocycles. The van der Waals surface area contributed by atoms with Crippen LogP contribution in [0.5, 0.6) is 0 Å². The number of hydrogen-bond acceptors (Lipinski definition) is 2. The molecule has 0 aromatic rings. The van der Waals surface area contributed by atoms with Crippen molar-refractivity contribution in [3.8, 4) is 0 Å². The van der Waals surface area contributed by atoms with Gasteiger partial charge in [-0.05, 0) is 6.92 Å². The van der Waals surface area contributed by atoms with Crippen molar-refractivity contribution in [1.82, 2.24) is 0 Å². The monoisotopic (exact) mass is 152 g/mol. The molecule has 0 aliphatic heterocycles. The van der Waals surface area contributed by atoms with Gasteiger partial charge in [0, 0.05) is 5.88 Å². The molecule has 0 heterocycles. The molecule has 0 rings (SSSR count). The van der Waals surface area contributed by atoms with Crippen LogP contribution in [0.4, 0.5) is 0 Å². The van der Waals surface area contributed by atoms with Crippen LogP contribution in [0.15, 0.2) is 0 Å². The summed E-state index contributed by atoms with van der Waals surface area (Å²) in [4.78, 5) is 10.1. The van der Waals surface area contributed by atoms with Crippen LogP contribution in [0.3, 0.4) is 0 Å². The van der Waals surface area contributed by atoms with Gasteiger partial charge in [-0.25, -0.2) is 0 Å². The molecule has 2 N–H and O–H groups in total. The fraction of sp³-hybridized carbons (Fsp3) is 0.800. The highest BCUT2D eigenvalue weighted by Gasteiger charge is 2.19. The predicted octanol–water partition coefficient (Wildman–Crippen LogP) is 0.307. The van der Waals surface area contributed by atoms with Gasteiger partial charge in [-0.1, -0.05) is 0 Å². The second kappa shape index (κ2) is 3.69. The van der Waals surface area contributed by atoms with Crippen LogP contribution >= 0.6 is 11.6 Å². The first-order chi connectivity index (χ1) is 4.09. The molecular formula is C5H9ClO3. The zero-order valence-electron chi connectivity index (χ0n) is 5.04. The van der Waals surface area contributed by atoms with Gasteiger partial charge in [0.1, 0.15) is 0 Å². The lowest BCUT2D eigenvalue weighted by molar-refractivity contribution is -0.144. The summed E-state index contributed by atoms with van der Waals surface area (Å²) in [7, 11) is 0. The summed E-state index contributed by atoms with van der Waals surface area (Å²) in [6.07, 6.45) is -0.941. The van der Waals surface area contributed by atoms with Gasteiger partial charge < -0.3 is 10.2 Å². The van der Waals surface area contributed by atoms with Gasteiger partial charge in [0.15, 0.2) is 0 Å². The summed E-state index contributed by atoms with van der Waals surface area (Å²) in [5.41, 5.74) is 0. The van der Waals surface area contributed by atoms with E-state index >= 15 is 0 Å². The van der Waals surface area contributed by atoms with Gasteiger partial charge in [-0.2, -0.15) is 0 Å². The molecule has 0 aromatic heterocycles. The Labute approximate surface area is 58.3 Å². The Morgan fingerprint density at radius 2 is 2.22 bits per heavy atom. The predicted molar refractivity (Wildman–Crippen MR) is 33.5 cm³/mol. The molecule has 9 heavy (non-hydrogen) atoms. The van der Waals surface area contributed by atoms with E-state index in [1.165, 1.54) is 6.92 Å². The number of carboxylic acid groups (broad SMARTS) is 1. The van der Waals surface area contributed by atoms with Crippen molar-refractivity contribution < 1.29 is 15.0 Å². The second-order valence-electron chi connectivity index (χ2n) is 1.85. The van der Waals surface area contributed by atoms with E-state index in [9.17, 15) is 4.79 Å². The van der Waals surface area contributed by atoms with Gasteiger partial charge in [-0.3, -0.25) is 4.79 Å². The average molecular weight is 153 g/mol. The third-order valence-corrected chi connectivity index (χ3v) is 1.44. The lowest BCUT2D eigenvalue weighted by Gasteiger charge is -2.09. The number of alkyl halides is 1. The van der Waals surface area contributed by atoms with Crippen molar-refractivity contribution >= 4 is 17.6 Å². The third kappa shape index (κ3) is 2.67. The molecule has 0 radical (unpaired) electrons. The first-order valence-corrected chi connectivity index (χ1v) is 3.10. The van der Waals surface area contributed by atoms with Crippen LogP contribution in [0, 0.1) is 5.92 Å². The number of carboxylic acids is 1. The lowest BCUT2D eigenvalue weighted by atomic mass is 10.1. The normalized spacial score (nSPS) is 16.8. The van der Waals surface area contributed by atoms with Crippen LogP contribution in [-0.2, 0) is 4.79 Å². The highest BCUT2D eigenvalue weighted by atomic mass is 35.5.